The van der Waals surface area contributed by atoms with Crippen molar-refractivity contribution in [3.05, 3.63) is 47.7 Å². The van der Waals surface area contributed by atoms with Crippen LogP contribution in [0, 0.1) is 0 Å². The van der Waals surface area contributed by atoms with Gasteiger partial charge >= 0.3 is 0 Å². The van der Waals surface area contributed by atoms with E-state index in [4.69, 9.17) is 19.9 Å². The summed E-state index contributed by atoms with van der Waals surface area (Å²) in [4.78, 5) is 18.9. The Morgan fingerprint density at radius 3 is 2.60 bits per heavy atom. The molecule has 1 atom stereocenters. The summed E-state index contributed by atoms with van der Waals surface area (Å²) in [6, 6.07) is 10.5. The third kappa shape index (κ3) is 3.83. The fourth-order valence-corrected chi connectivity index (χ4v) is 2.77. The van der Waals surface area contributed by atoms with E-state index in [2.05, 4.69) is 4.98 Å². The zero-order chi connectivity index (χ0) is 17.8. The smallest absolute Gasteiger partial charge is 0.254 e. The molecule has 0 saturated carbocycles. The molecule has 7 heteroatoms. The first kappa shape index (κ1) is 17.0. The predicted octanol–water partition coefficient (Wildman–Crippen LogP) is 1.89. The molecule has 0 bridgehead atoms. The summed E-state index contributed by atoms with van der Waals surface area (Å²) in [5.74, 6) is 1.48. The van der Waals surface area contributed by atoms with Crippen LogP contribution in [0.3, 0.4) is 0 Å². The van der Waals surface area contributed by atoms with Crippen LogP contribution in [0.15, 0.2) is 36.4 Å². The lowest BCUT2D eigenvalue weighted by Gasteiger charge is -2.33. The Kier molecular flexibility index (Phi) is 5.04. The molecule has 2 heterocycles. The number of nitrogens with two attached hydrogens (primary N) is 1. The zero-order valence-corrected chi connectivity index (χ0v) is 14.3. The Labute approximate surface area is 146 Å². The second kappa shape index (κ2) is 7.40. The number of amides is 1. The molecule has 0 unspecified atom stereocenters. The van der Waals surface area contributed by atoms with Crippen LogP contribution in [0.25, 0.3) is 0 Å². The molecule has 1 aliphatic rings. The van der Waals surface area contributed by atoms with E-state index in [9.17, 15) is 4.79 Å². The van der Waals surface area contributed by atoms with Crippen LogP contribution < -0.4 is 15.2 Å². The van der Waals surface area contributed by atoms with Crippen molar-refractivity contribution < 1.29 is 19.0 Å². The molecule has 7 nitrogen and oxygen atoms in total. The van der Waals surface area contributed by atoms with Crippen LogP contribution in [0.5, 0.6) is 11.5 Å². The van der Waals surface area contributed by atoms with Gasteiger partial charge in [0.25, 0.3) is 5.91 Å². The van der Waals surface area contributed by atoms with Crippen LogP contribution >= 0.6 is 0 Å². The van der Waals surface area contributed by atoms with Gasteiger partial charge in [-0.25, -0.2) is 4.98 Å². The molecule has 0 spiro atoms. The third-order valence-corrected chi connectivity index (χ3v) is 4.07. The minimum atomic E-state index is -0.297. The number of pyridine rings is 1. The van der Waals surface area contributed by atoms with Crippen molar-refractivity contribution in [3.63, 3.8) is 0 Å². The standard InChI is InChI=1S/C18H21N3O4/c1-23-13-8-12(9-14(10-13)24-2)18(22)21-6-7-25-16(11-21)15-4-3-5-17(19)20-15/h3-5,8-10,16H,6-7,11H2,1-2H3,(H2,19,20)/t16-/m0/s1. The molecule has 2 N–H and O–H groups in total. The molecule has 1 aromatic heterocycles. The van der Waals surface area contributed by atoms with Crippen molar-refractivity contribution >= 4 is 11.7 Å². The minimum Gasteiger partial charge on any atom is -0.497 e. The highest BCUT2D eigenvalue weighted by atomic mass is 16.5. The van der Waals surface area contributed by atoms with E-state index < -0.39 is 0 Å². The van der Waals surface area contributed by atoms with Gasteiger partial charge in [0.15, 0.2) is 0 Å². The van der Waals surface area contributed by atoms with Crippen molar-refractivity contribution in [1.29, 1.82) is 0 Å². The molecule has 1 aliphatic heterocycles. The summed E-state index contributed by atoms with van der Waals surface area (Å²) in [6.07, 6.45) is -0.297. The summed E-state index contributed by atoms with van der Waals surface area (Å²) < 4.78 is 16.2. The van der Waals surface area contributed by atoms with Crippen LogP contribution in [-0.4, -0.2) is 49.7 Å². The van der Waals surface area contributed by atoms with E-state index >= 15 is 0 Å². The number of ether oxygens (including phenoxy) is 3. The van der Waals surface area contributed by atoms with Gasteiger partial charge < -0.3 is 24.8 Å². The number of nitrogen functional groups attached to an aromatic ring is 1. The molecular weight excluding hydrogens is 322 g/mol. The van der Waals surface area contributed by atoms with Crippen molar-refractivity contribution in [1.82, 2.24) is 9.88 Å². The number of hydrogen-bond donors (Lipinski definition) is 1. The normalized spacial score (nSPS) is 17.2. The molecule has 0 radical (unpaired) electrons. The highest BCUT2D eigenvalue weighted by molar-refractivity contribution is 5.95. The number of benzene rings is 1. The summed E-state index contributed by atoms with van der Waals surface area (Å²) in [5, 5.41) is 0. The molecule has 0 aliphatic carbocycles. The first-order chi connectivity index (χ1) is 12.1. The maximum atomic E-state index is 12.9. The largest absolute Gasteiger partial charge is 0.497 e. The second-order valence-corrected chi connectivity index (χ2v) is 5.70. The van der Waals surface area contributed by atoms with E-state index in [1.54, 1.807) is 43.4 Å². The number of morpholine rings is 1. The fraction of sp³-hybridized carbons (Fsp3) is 0.333. The monoisotopic (exact) mass is 343 g/mol. The number of nitrogens with zero attached hydrogens (tertiary/aromatic N) is 2. The molecule has 25 heavy (non-hydrogen) atoms. The van der Waals surface area contributed by atoms with Gasteiger partial charge in [-0.1, -0.05) is 6.07 Å². The lowest BCUT2D eigenvalue weighted by molar-refractivity contribution is -0.0246. The Morgan fingerprint density at radius 1 is 1.24 bits per heavy atom. The first-order valence-corrected chi connectivity index (χ1v) is 7.97. The van der Waals surface area contributed by atoms with E-state index in [-0.39, 0.29) is 12.0 Å². The van der Waals surface area contributed by atoms with Gasteiger partial charge in [-0.2, -0.15) is 0 Å². The topological polar surface area (TPSA) is 86.9 Å². The highest BCUT2D eigenvalue weighted by Crippen LogP contribution is 2.26. The molecule has 1 aromatic carbocycles. The van der Waals surface area contributed by atoms with Crippen LogP contribution in [-0.2, 0) is 4.74 Å². The minimum absolute atomic E-state index is 0.102. The number of methoxy groups -OCH3 is 2. The first-order valence-electron chi connectivity index (χ1n) is 7.97. The van der Waals surface area contributed by atoms with Gasteiger partial charge in [0, 0.05) is 18.2 Å². The molecule has 3 rings (SSSR count). The Bertz CT molecular complexity index is 743. The molecule has 1 amide bonds. The number of hydrogen-bond acceptors (Lipinski definition) is 6. The van der Waals surface area contributed by atoms with Gasteiger partial charge in [0.05, 0.1) is 33.1 Å². The van der Waals surface area contributed by atoms with Gasteiger partial charge in [0.1, 0.15) is 23.4 Å². The fourth-order valence-electron chi connectivity index (χ4n) is 2.77. The van der Waals surface area contributed by atoms with Gasteiger partial charge in [-0.15, -0.1) is 0 Å². The Balaban J connectivity index is 1.80. The van der Waals surface area contributed by atoms with E-state index in [1.807, 2.05) is 12.1 Å². The number of rotatable bonds is 4. The number of aromatic nitrogens is 1. The Morgan fingerprint density at radius 2 is 1.96 bits per heavy atom. The molecule has 1 fully saturated rings. The van der Waals surface area contributed by atoms with Crippen LogP contribution in [0.1, 0.15) is 22.2 Å². The summed E-state index contributed by atoms with van der Waals surface area (Å²) in [7, 11) is 3.11. The van der Waals surface area contributed by atoms with Crippen molar-refractivity contribution in [3.8, 4) is 11.5 Å². The van der Waals surface area contributed by atoms with Gasteiger partial charge in [-0.3, -0.25) is 4.79 Å². The van der Waals surface area contributed by atoms with E-state index in [0.29, 0.717) is 42.6 Å². The van der Waals surface area contributed by atoms with Gasteiger partial charge in [-0.05, 0) is 24.3 Å². The average molecular weight is 343 g/mol. The molecule has 132 valence electrons. The van der Waals surface area contributed by atoms with Crippen molar-refractivity contribution in [2.45, 2.75) is 6.10 Å². The SMILES string of the molecule is COc1cc(OC)cc(C(=O)N2CCO[C@H](c3cccc(N)n3)C2)c1. The Hall–Kier alpha value is -2.80. The number of carbonyl (C=O) groups is 1. The predicted molar refractivity (Wildman–Crippen MR) is 92.8 cm³/mol. The molecule has 1 saturated heterocycles. The third-order valence-electron chi connectivity index (χ3n) is 4.07. The maximum Gasteiger partial charge on any atom is 0.254 e. The highest BCUT2D eigenvalue weighted by Gasteiger charge is 2.27. The lowest BCUT2D eigenvalue weighted by atomic mass is 10.1. The lowest BCUT2D eigenvalue weighted by Crippen LogP contribution is -2.42. The van der Waals surface area contributed by atoms with Crippen LogP contribution in [0.2, 0.25) is 0 Å². The summed E-state index contributed by atoms with van der Waals surface area (Å²) >= 11 is 0. The summed E-state index contributed by atoms with van der Waals surface area (Å²) in [6.45, 7) is 1.36. The summed E-state index contributed by atoms with van der Waals surface area (Å²) in [5.41, 5.74) is 6.97. The maximum absolute atomic E-state index is 12.9. The number of anilines is 1. The molecular formula is C18H21N3O4. The van der Waals surface area contributed by atoms with Crippen molar-refractivity contribution in [2.24, 2.45) is 0 Å². The second-order valence-electron chi connectivity index (χ2n) is 5.70. The van der Waals surface area contributed by atoms with E-state index in [0.717, 1.165) is 5.69 Å². The molecule has 2 aromatic rings. The van der Waals surface area contributed by atoms with Gasteiger partial charge in [0.2, 0.25) is 0 Å². The van der Waals surface area contributed by atoms with E-state index in [1.165, 1.54) is 0 Å². The number of carbonyl (C=O) groups excluding carboxylic acids is 1. The van der Waals surface area contributed by atoms with Crippen LogP contribution in [0.4, 0.5) is 5.82 Å². The average Bonchev–Trinajstić information content (AvgIpc) is 2.67. The zero-order valence-electron chi connectivity index (χ0n) is 14.3. The van der Waals surface area contributed by atoms with Crippen molar-refractivity contribution in [2.75, 3.05) is 39.6 Å². The quantitative estimate of drug-likeness (QED) is 0.912.